The van der Waals surface area contributed by atoms with Crippen LogP contribution in [0.3, 0.4) is 0 Å². The highest BCUT2D eigenvalue weighted by Crippen LogP contribution is 2.29. The van der Waals surface area contributed by atoms with Gasteiger partial charge in [0.2, 0.25) is 0 Å². The SMILES string of the molecule is COc1cc(C(=O)Nc2nc(CN3CCC(C)CC3)cs2)ccc1OCC(=O)NC(C)C. The van der Waals surface area contributed by atoms with Gasteiger partial charge in [-0.3, -0.25) is 19.8 Å². The highest BCUT2D eigenvalue weighted by atomic mass is 32.1. The number of amides is 2. The van der Waals surface area contributed by atoms with Gasteiger partial charge in [0.1, 0.15) is 0 Å². The van der Waals surface area contributed by atoms with Crippen molar-refractivity contribution in [2.24, 2.45) is 5.92 Å². The second kappa shape index (κ2) is 11.3. The standard InChI is InChI=1S/C23H32N4O4S/c1-15(2)24-21(28)13-31-19-6-5-17(11-20(19)30-4)22(29)26-23-25-18(14-32-23)12-27-9-7-16(3)8-10-27/h5-6,11,14-16H,7-10,12-13H2,1-4H3,(H,24,28)(H,25,26,29). The van der Waals surface area contributed by atoms with Crippen molar-refractivity contribution in [3.63, 3.8) is 0 Å². The zero-order valence-corrected chi connectivity index (χ0v) is 20.0. The number of ether oxygens (including phenoxy) is 2. The molecule has 174 valence electrons. The van der Waals surface area contributed by atoms with Crippen molar-refractivity contribution in [2.45, 2.75) is 46.2 Å². The number of carbonyl (C=O) groups is 2. The summed E-state index contributed by atoms with van der Waals surface area (Å²) >= 11 is 1.42. The van der Waals surface area contributed by atoms with Crippen LogP contribution in [-0.2, 0) is 11.3 Å². The molecule has 2 aromatic rings. The van der Waals surface area contributed by atoms with E-state index in [1.807, 2.05) is 19.2 Å². The van der Waals surface area contributed by atoms with Crippen molar-refractivity contribution in [3.05, 3.63) is 34.8 Å². The number of aromatic nitrogens is 1. The molecule has 1 saturated heterocycles. The van der Waals surface area contributed by atoms with Gasteiger partial charge in [-0.25, -0.2) is 4.98 Å². The van der Waals surface area contributed by atoms with Gasteiger partial charge in [-0.05, 0) is 63.9 Å². The molecule has 1 fully saturated rings. The van der Waals surface area contributed by atoms with Crippen LogP contribution in [0.15, 0.2) is 23.6 Å². The molecule has 0 spiro atoms. The quantitative estimate of drug-likeness (QED) is 0.595. The number of methoxy groups -OCH3 is 1. The van der Waals surface area contributed by atoms with E-state index in [4.69, 9.17) is 9.47 Å². The smallest absolute Gasteiger partial charge is 0.258 e. The Morgan fingerprint density at radius 1 is 1.25 bits per heavy atom. The number of hydrogen-bond donors (Lipinski definition) is 2. The molecule has 0 unspecified atom stereocenters. The molecule has 32 heavy (non-hydrogen) atoms. The molecule has 1 aliphatic heterocycles. The lowest BCUT2D eigenvalue weighted by atomic mass is 9.99. The Hall–Kier alpha value is -2.65. The molecule has 2 N–H and O–H groups in total. The summed E-state index contributed by atoms with van der Waals surface area (Å²) in [5.41, 5.74) is 1.39. The highest BCUT2D eigenvalue weighted by molar-refractivity contribution is 7.14. The van der Waals surface area contributed by atoms with Gasteiger partial charge in [-0.1, -0.05) is 6.92 Å². The number of benzene rings is 1. The summed E-state index contributed by atoms with van der Waals surface area (Å²) in [5, 5.41) is 8.18. The van der Waals surface area contributed by atoms with Gasteiger partial charge in [-0.15, -0.1) is 11.3 Å². The third-order valence-corrected chi connectivity index (χ3v) is 6.07. The van der Waals surface area contributed by atoms with E-state index in [1.165, 1.54) is 31.3 Å². The average Bonchev–Trinajstić information content (AvgIpc) is 3.19. The van der Waals surface area contributed by atoms with E-state index >= 15 is 0 Å². The van der Waals surface area contributed by atoms with E-state index in [-0.39, 0.29) is 24.5 Å². The van der Waals surface area contributed by atoms with Gasteiger partial charge in [0, 0.05) is 23.5 Å². The van der Waals surface area contributed by atoms with Crippen LogP contribution in [0.2, 0.25) is 0 Å². The first kappa shape index (κ1) is 24.0. The fourth-order valence-corrected chi connectivity index (χ4v) is 4.19. The van der Waals surface area contributed by atoms with E-state index in [9.17, 15) is 9.59 Å². The number of nitrogens with one attached hydrogen (secondary N) is 2. The Morgan fingerprint density at radius 2 is 2.00 bits per heavy atom. The van der Waals surface area contributed by atoms with Gasteiger partial charge < -0.3 is 14.8 Å². The summed E-state index contributed by atoms with van der Waals surface area (Å²) in [5.74, 6) is 1.08. The first-order valence-electron chi connectivity index (χ1n) is 10.9. The summed E-state index contributed by atoms with van der Waals surface area (Å²) in [6.45, 7) is 8.92. The number of carbonyl (C=O) groups excluding carboxylic acids is 2. The first-order valence-corrected chi connectivity index (χ1v) is 11.8. The lowest BCUT2D eigenvalue weighted by molar-refractivity contribution is -0.123. The van der Waals surface area contributed by atoms with Crippen LogP contribution in [0.4, 0.5) is 5.13 Å². The maximum absolute atomic E-state index is 12.7. The second-order valence-electron chi connectivity index (χ2n) is 8.43. The van der Waals surface area contributed by atoms with E-state index in [2.05, 4.69) is 27.4 Å². The van der Waals surface area contributed by atoms with E-state index in [0.29, 0.717) is 22.2 Å². The molecule has 0 atom stereocenters. The summed E-state index contributed by atoms with van der Waals surface area (Å²) < 4.78 is 10.9. The zero-order valence-electron chi connectivity index (χ0n) is 19.1. The molecule has 1 aromatic carbocycles. The second-order valence-corrected chi connectivity index (χ2v) is 9.29. The van der Waals surface area contributed by atoms with Gasteiger partial charge in [-0.2, -0.15) is 0 Å². The number of thiazole rings is 1. The van der Waals surface area contributed by atoms with Gasteiger partial charge in [0.25, 0.3) is 11.8 Å². The fraction of sp³-hybridized carbons (Fsp3) is 0.522. The molecule has 8 nitrogen and oxygen atoms in total. The van der Waals surface area contributed by atoms with Gasteiger partial charge >= 0.3 is 0 Å². The fourth-order valence-electron chi connectivity index (χ4n) is 3.49. The molecule has 9 heteroatoms. The van der Waals surface area contributed by atoms with Crippen molar-refractivity contribution < 1.29 is 19.1 Å². The average molecular weight is 461 g/mol. The molecule has 0 radical (unpaired) electrons. The van der Waals surface area contributed by atoms with E-state index < -0.39 is 0 Å². The minimum absolute atomic E-state index is 0.0361. The molecule has 1 aromatic heterocycles. The summed E-state index contributed by atoms with van der Waals surface area (Å²) in [6.07, 6.45) is 2.44. The Labute approximate surface area is 193 Å². The maximum Gasteiger partial charge on any atom is 0.258 e. The predicted octanol–water partition coefficient (Wildman–Crippen LogP) is 3.54. The van der Waals surface area contributed by atoms with Crippen molar-refractivity contribution in [1.29, 1.82) is 0 Å². The van der Waals surface area contributed by atoms with Crippen molar-refractivity contribution in [1.82, 2.24) is 15.2 Å². The van der Waals surface area contributed by atoms with Crippen LogP contribution in [0, 0.1) is 5.92 Å². The van der Waals surface area contributed by atoms with E-state index in [1.54, 1.807) is 18.2 Å². The lowest BCUT2D eigenvalue weighted by Crippen LogP contribution is -2.34. The molecular formula is C23H32N4O4S. The van der Waals surface area contributed by atoms with Crippen LogP contribution in [0.5, 0.6) is 11.5 Å². The van der Waals surface area contributed by atoms with Crippen LogP contribution < -0.4 is 20.1 Å². The molecule has 3 rings (SSSR count). The number of piperidine rings is 1. The molecule has 0 saturated carbocycles. The maximum atomic E-state index is 12.7. The van der Waals surface area contributed by atoms with Crippen LogP contribution in [0.1, 0.15) is 49.7 Å². The van der Waals surface area contributed by atoms with Crippen LogP contribution in [-0.4, -0.2) is 54.5 Å². The molecule has 1 aliphatic rings. The van der Waals surface area contributed by atoms with Crippen molar-refractivity contribution in [3.8, 4) is 11.5 Å². The normalized spacial score (nSPS) is 14.9. The first-order chi connectivity index (χ1) is 15.3. The highest BCUT2D eigenvalue weighted by Gasteiger charge is 2.18. The summed E-state index contributed by atoms with van der Waals surface area (Å²) in [6, 6.07) is 4.89. The number of likely N-dealkylation sites (tertiary alicyclic amines) is 1. The monoisotopic (exact) mass is 460 g/mol. The Bertz CT molecular complexity index is 922. The lowest BCUT2D eigenvalue weighted by Gasteiger charge is -2.29. The Morgan fingerprint density at radius 3 is 2.69 bits per heavy atom. The Balaban J connectivity index is 1.57. The largest absolute Gasteiger partial charge is 0.493 e. The predicted molar refractivity (Wildman–Crippen MR) is 126 cm³/mol. The topological polar surface area (TPSA) is 92.8 Å². The van der Waals surface area contributed by atoms with Crippen LogP contribution >= 0.6 is 11.3 Å². The number of anilines is 1. The number of hydrogen-bond acceptors (Lipinski definition) is 7. The van der Waals surface area contributed by atoms with Crippen molar-refractivity contribution >= 4 is 28.3 Å². The minimum atomic E-state index is -0.278. The van der Waals surface area contributed by atoms with Crippen molar-refractivity contribution in [2.75, 3.05) is 32.1 Å². The van der Waals surface area contributed by atoms with Gasteiger partial charge in [0.05, 0.1) is 12.8 Å². The zero-order chi connectivity index (χ0) is 23.1. The molecule has 0 aliphatic carbocycles. The molecule has 0 bridgehead atoms. The van der Waals surface area contributed by atoms with Gasteiger partial charge in [0.15, 0.2) is 23.2 Å². The number of rotatable bonds is 9. The third kappa shape index (κ3) is 6.93. The minimum Gasteiger partial charge on any atom is -0.493 e. The van der Waals surface area contributed by atoms with Crippen LogP contribution in [0.25, 0.3) is 0 Å². The molecular weight excluding hydrogens is 428 g/mol. The number of nitrogens with zero attached hydrogens (tertiary/aromatic N) is 2. The molecule has 2 amide bonds. The third-order valence-electron chi connectivity index (χ3n) is 5.27. The summed E-state index contributed by atoms with van der Waals surface area (Å²) in [7, 11) is 1.49. The molecule has 2 heterocycles. The summed E-state index contributed by atoms with van der Waals surface area (Å²) in [4.78, 5) is 31.5. The Kier molecular flexibility index (Phi) is 8.46. The van der Waals surface area contributed by atoms with E-state index in [0.717, 1.165) is 31.2 Å².